The zero-order valence-corrected chi connectivity index (χ0v) is 17.2. The second-order valence-corrected chi connectivity index (χ2v) is 8.75. The molecular weight excluding hydrogens is 400 g/mol. The molecule has 0 spiro atoms. The maximum absolute atomic E-state index is 12.6. The van der Waals surface area contributed by atoms with E-state index in [1.807, 2.05) is 6.92 Å². The van der Waals surface area contributed by atoms with E-state index in [4.69, 9.17) is 16.3 Å². The van der Waals surface area contributed by atoms with Crippen molar-refractivity contribution in [1.82, 2.24) is 9.62 Å². The maximum atomic E-state index is 12.6. The van der Waals surface area contributed by atoms with Gasteiger partial charge in [-0.2, -0.15) is 0 Å². The normalized spacial score (nSPS) is 15.4. The summed E-state index contributed by atoms with van der Waals surface area (Å²) in [5.41, 5.74) is 0.601. The highest BCUT2D eigenvalue weighted by Gasteiger charge is 2.27. The Hall–Kier alpha value is -2.09. The van der Waals surface area contributed by atoms with Crippen LogP contribution in [0.3, 0.4) is 0 Å². The number of halogens is 1. The van der Waals surface area contributed by atoms with E-state index in [0.29, 0.717) is 43.1 Å². The molecule has 1 aliphatic heterocycles. The number of amides is 1. The van der Waals surface area contributed by atoms with E-state index in [9.17, 15) is 13.2 Å². The molecule has 28 heavy (non-hydrogen) atoms. The van der Waals surface area contributed by atoms with E-state index in [-0.39, 0.29) is 16.8 Å². The number of carbonyl (C=O) groups excluding carboxylic acids is 1. The fraction of sp³-hybridized carbons (Fsp3) is 0.350. The summed E-state index contributed by atoms with van der Waals surface area (Å²) in [5.74, 6) is 0.677. The van der Waals surface area contributed by atoms with Gasteiger partial charge in [0.25, 0.3) is 5.91 Å². The predicted molar refractivity (Wildman–Crippen MR) is 108 cm³/mol. The molecule has 1 fully saturated rings. The monoisotopic (exact) mass is 422 g/mol. The molecule has 1 saturated heterocycles. The van der Waals surface area contributed by atoms with Gasteiger partial charge in [0.05, 0.1) is 11.5 Å². The third kappa shape index (κ3) is 5.04. The lowest BCUT2D eigenvalue weighted by atomic mass is 10.0. The minimum absolute atomic E-state index is 0.0537. The van der Waals surface area contributed by atoms with Crippen molar-refractivity contribution in [2.75, 3.05) is 19.7 Å². The lowest BCUT2D eigenvalue weighted by Crippen LogP contribution is -2.46. The van der Waals surface area contributed by atoms with Crippen LogP contribution in [0.4, 0.5) is 0 Å². The number of likely N-dealkylation sites (tertiary alicyclic amines) is 1. The van der Waals surface area contributed by atoms with Gasteiger partial charge in [0, 0.05) is 29.7 Å². The molecule has 0 saturated carbocycles. The number of nitrogens with one attached hydrogen (secondary N) is 1. The largest absolute Gasteiger partial charge is 0.494 e. The summed E-state index contributed by atoms with van der Waals surface area (Å²) >= 11 is 5.81. The Morgan fingerprint density at radius 3 is 2.29 bits per heavy atom. The molecule has 1 heterocycles. The molecule has 2 aromatic rings. The van der Waals surface area contributed by atoms with Crippen LogP contribution < -0.4 is 9.46 Å². The van der Waals surface area contributed by atoms with Gasteiger partial charge in [-0.3, -0.25) is 4.79 Å². The topological polar surface area (TPSA) is 75.7 Å². The summed E-state index contributed by atoms with van der Waals surface area (Å²) in [6, 6.07) is 12.9. The molecule has 0 aromatic heterocycles. The number of piperidine rings is 1. The van der Waals surface area contributed by atoms with Crippen molar-refractivity contribution >= 4 is 27.5 Å². The van der Waals surface area contributed by atoms with E-state index < -0.39 is 10.0 Å². The highest BCUT2D eigenvalue weighted by atomic mass is 35.5. The molecule has 1 amide bonds. The number of benzene rings is 2. The third-order valence-electron chi connectivity index (χ3n) is 4.64. The molecule has 3 rings (SSSR count). The van der Waals surface area contributed by atoms with E-state index in [1.165, 1.54) is 12.1 Å². The van der Waals surface area contributed by atoms with Crippen molar-refractivity contribution < 1.29 is 17.9 Å². The molecule has 150 valence electrons. The Morgan fingerprint density at radius 1 is 1.11 bits per heavy atom. The lowest BCUT2D eigenvalue weighted by Gasteiger charge is -2.32. The zero-order valence-electron chi connectivity index (χ0n) is 15.6. The van der Waals surface area contributed by atoms with E-state index >= 15 is 0 Å². The van der Waals surface area contributed by atoms with Crippen molar-refractivity contribution in [2.24, 2.45) is 0 Å². The van der Waals surface area contributed by atoms with Gasteiger partial charge in [0.15, 0.2) is 0 Å². The fourth-order valence-electron chi connectivity index (χ4n) is 3.14. The lowest BCUT2D eigenvalue weighted by molar-refractivity contribution is 0.0711. The highest BCUT2D eigenvalue weighted by molar-refractivity contribution is 7.89. The number of sulfonamides is 1. The number of nitrogens with zero attached hydrogens (tertiary/aromatic N) is 1. The standard InChI is InChI=1S/C20H23ClN2O4S/c1-2-27-18-7-3-15(4-8-18)20(24)23-13-11-17(12-14-23)22-28(25,26)19-9-5-16(21)6-10-19/h3-10,17,22H,2,11-14H2,1H3. The summed E-state index contributed by atoms with van der Waals surface area (Å²) in [6.45, 7) is 3.48. The molecule has 8 heteroatoms. The Bertz CT molecular complexity index is 906. The first-order valence-corrected chi connectivity index (χ1v) is 11.0. The molecule has 0 bridgehead atoms. The Balaban J connectivity index is 1.56. The molecule has 0 aliphatic carbocycles. The summed E-state index contributed by atoms with van der Waals surface area (Å²) in [4.78, 5) is 14.6. The summed E-state index contributed by atoms with van der Waals surface area (Å²) in [5, 5.41) is 0.486. The first-order valence-electron chi connectivity index (χ1n) is 9.19. The number of hydrogen-bond donors (Lipinski definition) is 1. The van der Waals surface area contributed by atoms with Gasteiger partial charge in [-0.05, 0) is 68.3 Å². The van der Waals surface area contributed by atoms with Crippen molar-refractivity contribution in [2.45, 2.75) is 30.7 Å². The molecule has 2 aromatic carbocycles. The van der Waals surface area contributed by atoms with Crippen LogP contribution in [0.25, 0.3) is 0 Å². The van der Waals surface area contributed by atoms with Crippen LogP contribution >= 0.6 is 11.6 Å². The summed E-state index contributed by atoms with van der Waals surface area (Å²) in [6.07, 6.45) is 1.13. The Kier molecular flexibility index (Phi) is 6.59. The van der Waals surface area contributed by atoms with Crippen LogP contribution in [0.1, 0.15) is 30.1 Å². The first kappa shape index (κ1) is 20.6. The fourth-order valence-corrected chi connectivity index (χ4v) is 4.58. The molecule has 6 nitrogen and oxygen atoms in total. The molecular formula is C20H23ClN2O4S. The average molecular weight is 423 g/mol. The van der Waals surface area contributed by atoms with Crippen molar-refractivity contribution in [3.63, 3.8) is 0 Å². The SMILES string of the molecule is CCOc1ccc(C(=O)N2CCC(NS(=O)(=O)c3ccc(Cl)cc3)CC2)cc1. The van der Waals surface area contributed by atoms with Crippen LogP contribution in [-0.4, -0.2) is 45.0 Å². The van der Waals surface area contributed by atoms with Gasteiger partial charge in [0.1, 0.15) is 5.75 Å². The van der Waals surface area contributed by atoms with Crippen LogP contribution in [0.15, 0.2) is 53.4 Å². The Morgan fingerprint density at radius 2 is 1.71 bits per heavy atom. The second-order valence-electron chi connectivity index (χ2n) is 6.60. The highest BCUT2D eigenvalue weighted by Crippen LogP contribution is 2.19. The molecule has 1 aliphatic rings. The number of rotatable bonds is 6. The van der Waals surface area contributed by atoms with Gasteiger partial charge in [-0.25, -0.2) is 13.1 Å². The maximum Gasteiger partial charge on any atom is 0.253 e. The molecule has 0 unspecified atom stereocenters. The summed E-state index contributed by atoms with van der Waals surface area (Å²) < 4.78 is 33.1. The van der Waals surface area contributed by atoms with Crippen LogP contribution in [0.5, 0.6) is 5.75 Å². The Labute approximate surface area is 170 Å². The number of carbonyl (C=O) groups is 1. The van der Waals surface area contributed by atoms with E-state index in [1.54, 1.807) is 41.3 Å². The van der Waals surface area contributed by atoms with Gasteiger partial charge in [-0.15, -0.1) is 0 Å². The minimum atomic E-state index is -3.60. The zero-order chi connectivity index (χ0) is 20.1. The predicted octanol–water partition coefficient (Wildman–Crippen LogP) is 3.32. The van der Waals surface area contributed by atoms with Gasteiger partial charge in [-0.1, -0.05) is 11.6 Å². The van der Waals surface area contributed by atoms with Gasteiger partial charge in [0.2, 0.25) is 10.0 Å². The minimum Gasteiger partial charge on any atom is -0.494 e. The number of hydrogen-bond acceptors (Lipinski definition) is 4. The smallest absolute Gasteiger partial charge is 0.253 e. The van der Waals surface area contributed by atoms with Crippen LogP contribution in [0, 0.1) is 0 Å². The third-order valence-corrected chi connectivity index (χ3v) is 6.43. The van der Waals surface area contributed by atoms with Crippen molar-refractivity contribution in [1.29, 1.82) is 0 Å². The van der Waals surface area contributed by atoms with Gasteiger partial charge < -0.3 is 9.64 Å². The van der Waals surface area contributed by atoms with Crippen LogP contribution in [0.2, 0.25) is 5.02 Å². The van der Waals surface area contributed by atoms with E-state index in [2.05, 4.69) is 4.72 Å². The van der Waals surface area contributed by atoms with Crippen molar-refractivity contribution in [3.05, 3.63) is 59.1 Å². The first-order chi connectivity index (χ1) is 13.4. The molecule has 0 radical (unpaired) electrons. The summed E-state index contributed by atoms with van der Waals surface area (Å²) in [7, 11) is -3.60. The van der Waals surface area contributed by atoms with Crippen molar-refractivity contribution in [3.8, 4) is 5.75 Å². The van der Waals surface area contributed by atoms with E-state index in [0.717, 1.165) is 5.75 Å². The molecule has 1 N–H and O–H groups in total. The van der Waals surface area contributed by atoms with Crippen LogP contribution in [-0.2, 0) is 10.0 Å². The average Bonchev–Trinajstić information content (AvgIpc) is 2.69. The molecule has 0 atom stereocenters. The van der Waals surface area contributed by atoms with Gasteiger partial charge >= 0.3 is 0 Å². The number of ether oxygens (including phenoxy) is 1. The quantitative estimate of drug-likeness (QED) is 0.774. The second kappa shape index (κ2) is 8.94.